The molecular weight excluding hydrogens is 350 g/mol. The van der Waals surface area contributed by atoms with Crippen molar-refractivity contribution in [2.75, 3.05) is 6.54 Å². The number of rotatable bonds is 4. The smallest absolute Gasteiger partial charge is 0.303 e. The van der Waals surface area contributed by atoms with Crippen LogP contribution in [0.5, 0.6) is 0 Å². The van der Waals surface area contributed by atoms with Gasteiger partial charge >= 0.3 is 23.9 Å². The van der Waals surface area contributed by atoms with Crippen LogP contribution in [0.25, 0.3) is 0 Å². The van der Waals surface area contributed by atoms with Crippen molar-refractivity contribution in [3.63, 3.8) is 0 Å². The van der Waals surface area contributed by atoms with E-state index in [0.717, 1.165) is 13.8 Å². The van der Waals surface area contributed by atoms with Crippen LogP contribution < -0.4 is 0 Å². The van der Waals surface area contributed by atoms with Crippen molar-refractivity contribution in [2.45, 2.75) is 64.6 Å². The van der Waals surface area contributed by atoms with Crippen molar-refractivity contribution in [1.29, 1.82) is 0 Å². The molecular formula is C16H21NO9. The summed E-state index contributed by atoms with van der Waals surface area (Å²) in [6.07, 6.45) is -4.28. The summed E-state index contributed by atoms with van der Waals surface area (Å²) in [5.41, 5.74) is 0. The lowest BCUT2D eigenvalue weighted by molar-refractivity contribution is -0.207. The molecule has 0 aromatic carbocycles. The van der Waals surface area contributed by atoms with Crippen LogP contribution in [-0.2, 0) is 42.9 Å². The molecule has 2 aliphatic rings. The Morgan fingerprint density at radius 3 is 1.73 bits per heavy atom. The summed E-state index contributed by atoms with van der Waals surface area (Å²) in [6.45, 7) is 4.61. The lowest BCUT2D eigenvalue weighted by Crippen LogP contribution is -2.65. The van der Waals surface area contributed by atoms with E-state index in [2.05, 4.69) is 0 Å². The van der Waals surface area contributed by atoms with Gasteiger partial charge < -0.3 is 23.8 Å². The number of fused-ring (bicyclic) bond motifs is 1. The maximum atomic E-state index is 12.3. The summed E-state index contributed by atoms with van der Waals surface area (Å²) >= 11 is 0. The highest BCUT2D eigenvalue weighted by Crippen LogP contribution is 2.35. The predicted molar refractivity (Wildman–Crippen MR) is 82.3 cm³/mol. The first-order valence-electron chi connectivity index (χ1n) is 8.08. The number of amides is 1. The molecule has 2 aliphatic heterocycles. The third kappa shape index (κ3) is 4.30. The summed E-state index contributed by atoms with van der Waals surface area (Å²) in [6, 6.07) is -0.841. The number of hydrogen-bond donors (Lipinski definition) is 0. The van der Waals surface area contributed by atoms with Gasteiger partial charge in [-0.15, -0.1) is 0 Å². The Hall–Kier alpha value is -2.65. The molecule has 2 fully saturated rings. The van der Waals surface area contributed by atoms with Gasteiger partial charge in [-0.2, -0.15) is 0 Å². The van der Waals surface area contributed by atoms with Gasteiger partial charge in [-0.3, -0.25) is 24.0 Å². The lowest BCUT2D eigenvalue weighted by Gasteiger charge is -2.45. The monoisotopic (exact) mass is 371 g/mol. The summed E-state index contributed by atoms with van der Waals surface area (Å²) in [7, 11) is 0. The zero-order chi connectivity index (χ0) is 19.6. The SMILES string of the molecule is CC(=O)O[C@H]1[C@H](OC(C)=O)[C@@H](OC(C)=O)CN2C(=O)C[C@H](OC(C)=O)[C@H]12. The van der Waals surface area contributed by atoms with Crippen LogP contribution >= 0.6 is 0 Å². The van der Waals surface area contributed by atoms with Crippen molar-refractivity contribution in [3.05, 3.63) is 0 Å². The number of nitrogens with zero attached hydrogens (tertiary/aromatic N) is 1. The fourth-order valence-electron chi connectivity index (χ4n) is 3.40. The minimum absolute atomic E-state index is 0.0729. The summed E-state index contributed by atoms with van der Waals surface area (Å²) in [5.74, 6) is -2.95. The van der Waals surface area contributed by atoms with Crippen molar-refractivity contribution in [3.8, 4) is 0 Å². The number of hydrogen-bond acceptors (Lipinski definition) is 9. The molecule has 144 valence electrons. The molecule has 10 nitrogen and oxygen atoms in total. The van der Waals surface area contributed by atoms with E-state index < -0.39 is 54.3 Å². The van der Waals surface area contributed by atoms with Gasteiger partial charge in [0.25, 0.3) is 0 Å². The summed E-state index contributed by atoms with van der Waals surface area (Å²) in [5, 5.41) is 0. The molecule has 0 spiro atoms. The van der Waals surface area contributed by atoms with Crippen molar-refractivity contribution >= 4 is 29.8 Å². The molecule has 0 aliphatic carbocycles. The van der Waals surface area contributed by atoms with Gasteiger partial charge in [0.15, 0.2) is 18.3 Å². The standard InChI is InChI=1S/C16H21NO9/c1-7(18)23-11-5-13(22)17-6-12(24-8(2)19)15(25-9(3)20)16(14(11)17)26-10(4)21/h11-12,14-16H,5-6H2,1-4H3/t11-,12-,14+,15+,16+/m0/s1. The Morgan fingerprint density at radius 1 is 0.769 bits per heavy atom. The fraction of sp³-hybridized carbons (Fsp3) is 0.688. The first kappa shape index (κ1) is 19.7. The quantitative estimate of drug-likeness (QED) is 0.467. The number of piperidine rings is 1. The average molecular weight is 371 g/mol. The van der Waals surface area contributed by atoms with Gasteiger partial charge in [0.2, 0.25) is 5.91 Å². The topological polar surface area (TPSA) is 126 Å². The molecule has 0 N–H and O–H groups in total. The van der Waals surface area contributed by atoms with E-state index >= 15 is 0 Å². The van der Waals surface area contributed by atoms with Crippen LogP contribution in [0.4, 0.5) is 0 Å². The van der Waals surface area contributed by atoms with Crippen molar-refractivity contribution in [2.24, 2.45) is 0 Å². The highest BCUT2D eigenvalue weighted by atomic mass is 16.6. The van der Waals surface area contributed by atoms with Gasteiger partial charge in [0.05, 0.1) is 13.0 Å². The van der Waals surface area contributed by atoms with Gasteiger partial charge in [-0.25, -0.2) is 0 Å². The lowest BCUT2D eigenvalue weighted by atomic mass is 9.92. The second-order valence-corrected chi connectivity index (χ2v) is 6.18. The van der Waals surface area contributed by atoms with Crippen LogP contribution in [0.15, 0.2) is 0 Å². The Bertz CT molecular complexity index is 631. The summed E-state index contributed by atoms with van der Waals surface area (Å²) < 4.78 is 20.9. The van der Waals surface area contributed by atoms with Gasteiger partial charge in [-0.05, 0) is 0 Å². The number of carbonyl (C=O) groups excluding carboxylic acids is 5. The predicted octanol–water partition coefficient (Wildman–Crippen LogP) is -0.672. The van der Waals surface area contributed by atoms with Crippen LogP contribution in [-0.4, -0.2) is 71.7 Å². The van der Waals surface area contributed by atoms with Gasteiger partial charge in [0, 0.05) is 27.7 Å². The zero-order valence-electron chi connectivity index (χ0n) is 14.9. The van der Waals surface area contributed by atoms with Gasteiger partial charge in [-0.1, -0.05) is 0 Å². The third-order valence-electron chi connectivity index (χ3n) is 4.08. The molecule has 0 unspecified atom stereocenters. The largest absolute Gasteiger partial charge is 0.460 e. The first-order chi connectivity index (χ1) is 12.1. The van der Waals surface area contributed by atoms with Crippen LogP contribution in [0.1, 0.15) is 34.1 Å². The zero-order valence-corrected chi connectivity index (χ0v) is 14.9. The molecule has 26 heavy (non-hydrogen) atoms. The van der Waals surface area contributed by atoms with Gasteiger partial charge in [0.1, 0.15) is 12.1 Å². The first-order valence-corrected chi connectivity index (χ1v) is 8.08. The van der Waals surface area contributed by atoms with Crippen molar-refractivity contribution < 1.29 is 42.9 Å². The molecule has 5 atom stereocenters. The molecule has 2 saturated heterocycles. The molecule has 0 aromatic heterocycles. The average Bonchev–Trinajstić information content (AvgIpc) is 2.76. The van der Waals surface area contributed by atoms with E-state index in [0.29, 0.717) is 0 Å². The number of ether oxygens (including phenoxy) is 4. The molecule has 0 radical (unpaired) electrons. The van der Waals surface area contributed by atoms with Crippen LogP contribution in [0.2, 0.25) is 0 Å². The Balaban J connectivity index is 2.42. The minimum Gasteiger partial charge on any atom is -0.460 e. The molecule has 1 amide bonds. The van der Waals surface area contributed by atoms with E-state index in [4.69, 9.17) is 18.9 Å². The molecule has 2 rings (SSSR count). The minimum atomic E-state index is -1.15. The Kier molecular flexibility index (Phi) is 5.83. The van der Waals surface area contributed by atoms with E-state index in [1.807, 2.05) is 0 Å². The van der Waals surface area contributed by atoms with Crippen LogP contribution in [0, 0.1) is 0 Å². The normalized spacial score (nSPS) is 30.2. The molecule has 0 bridgehead atoms. The van der Waals surface area contributed by atoms with E-state index in [1.54, 1.807) is 0 Å². The molecule has 10 heteroatoms. The van der Waals surface area contributed by atoms with Crippen LogP contribution in [0.3, 0.4) is 0 Å². The highest BCUT2D eigenvalue weighted by molar-refractivity contribution is 5.81. The highest BCUT2D eigenvalue weighted by Gasteiger charge is 2.57. The number of esters is 4. The van der Waals surface area contributed by atoms with E-state index in [1.165, 1.54) is 18.7 Å². The Morgan fingerprint density at radius 2 is 1.23 bits per heavy atom. The maximum absolute atomic E-state index is 12.3. The molecule has 2 heterocycles. The second-order valence-electron chi connectivity index (χ2n) is 6.18. The fourth-order valence-corrected chi connectivity index (χ4v) is 3.40. The molecule has 0 aromatic rings. The number of carbonyl (C=O) groups is 5. The van der Waals surface area contributed by atoms with Crippen molar-refractivity contribution in [1.82, 2.24) is 4.90 Å². The summed E-state index contributed by atoms with van der Waals surface area (Å²) in [4.78, 5) is 59.6. The maximum Gasteiger partial charge on any atom is 0.303 e. The molecule has 0 saturated carbocycles. The third-order valence-corrected chi connectivity index (χ3v) is 4.08. The van der Waals surface area contributed by atoms with E-state index in [9.17, 15) is 24.0 Å². The Labute approximate surface area is 149 Å². The second kappa shape index (κ2) is 7.71. The van der Waals surface area contributed by atoms with E-state index in [-0.39, 0.29) is 18.9 Å².